The topological polar surface area (TPSA) is 17.3 Å². The summed E-state index contributed by atoms with van der Waals surface area (Å²) in [6.45, 7) is 7.79. The predicted octanol–water partition coefficient (Wildman–Crippen LogP) is 7.52. The Morgan fingerprint density at radius 3 is 2.24 bits per heavy atom. The molecule has 0 radical (unpaired) electrons. The van der Waals surface area contributed by atoms with Crippen LogP contribution in [0.25, 0.3) is 5.32 Å². The molecule has 0 aromatic rings. The standard InChI is InChI=1S/C22H38ClN2.CH3.2ClH.Zr/c1-22(2,3)24-12-11-16-15-7-5-6-8-17(15)21-20(16)18-13-14(23)9-10-19(18)25(21)4;;;;/h14-21H,5-13H2,1-4H3;1H3;2*1H;/q2*-1;;;+4/p-2. The maximum absolute atomic E-state index is 6.65. The zero-order chi connectivity index (χ0) is 20.5. The molecule has 1 heterocycles. The zero-order valence-electron chi connectivity index (χ0n) is 19.0. The van der Waals surface area contributed by atoms with Crippen molar-refractivity contribution >= 4 is 28.6 Å². The van der Waals surface area contributed by atoms with E-state index in [2.05, 4.69) is 32.7 Å². The number of likely N-dealkylation sites (tertiary alicyclic amines) is 1. The Balaban J connectivity index is 0.000000708. The van der Waals surface area contributed by atoms with Gasteiger partial charge in [-0.15, -0.1) is 23.7 Å². The fraction of sp³-hybridized carbons (Fsp3) is 0.957. The number of halogens is 3. The van der Waals surface area contributed by atoms with Crippen molar-refractivity contribution in [2.24, 2.45) is 29.6 Å². The Bertz CT molecular complexity index is 501. The molecule has 168 valence electrons. The molecule has 4 fully saturated rings. The van der Waals surface area contributed by atoms with Gasteiger partial charge in [-0.05, 0) is 68.7 Å². The normalized spacial score (nSPS) is 41.2. The van der Waals surface area contributed by atoms with Crippen LogP contribution in [0.1, 0.15) is 72.1 Å². The van der Waals surface area contributed by atoms with E-state index in [1.807, 2.05) is 0 Å². The summed E-state index contributed by atoms with van der Waals surface area (Å²) < 4.78 is 0. The van der Waals surface area contributed by atoms with Gasteiger partial charge in [0, 0.05) is 17.5 Å². The van der Waals surface area contributed by atoms with E-state index < -0.39 is 20.8 Å². The van der Waals surface area contributed by atoms with E-state index in [4.69, 9.17) is 33.9 Å². The van der Waals surface area contributed by atoms with Crippen molar-refractivity contribution in [3.63, 3.8) is 0 Å². The van der Waals surface area contributed by atoms with E-state index in [0.717, 1.165) is 48.2 Å². The van der Waals surface area contributed by atoms with Gasteiger partial charge in [0.2, 0.25) is 0 Å². The number of hydrogen-bond acceptors (Lipinski definition) is 1. The fourth-order valence-electron chi connectivity index (χ4n) is 7.34. The monoisotopic (exact) mass is 540 g/mol. The number of alkyl halides is 1. The van der Waals surface area contributed by atoms with Crippen LogP contribution in [0.15, 0.2) is 0 Å². The predicted molar refractivity (Wildman–Crippen MR) is 125 cm³/mol. The second-order valence-electron chi connectivity index (χ2n) is 10.6. The summed E-state index contributed by atoms with van der Waals surface area (Å²) in [5.41, 5.74) is 0.116. The molecule has 29 heavy (non-hydrogen) atoms. The molecule has 2 nitrogen and oxygen atoms in total. The summed E-state index contributed by atoms with van der Waals surface area (Å²) in [5, 5.41) is 5.40. The van der Waals surface area contributed by atoms with Crippen molar-refractivity contribution < 1.29 is 20.8 Å². The maximum atomic E-state index is 6.65. The quantitative estimate of drug-likeness (QED) is 0.266. The third kappa shape index (κ3) is 6.17. The molecule has 4 rings (SSSR count). The van der Waals surface area contributed by atoms with Crippen molar-refractivity contribution in [3.8, 4) is 0 Å². The summed E-state index contributed by atoms with van der Waals surface area (Å²) in [6, 6.07) is 1.66. The van der Waals surface area contributed by atoms with Gasteiger partial charge < -0.3 is 12.7 Å². The van der Waals surface area contributed by atoms with Crippen LogP contribution in [0, 0.1) is 37.0 Å². The molecule has 0 amide bonds. The number of hydrogen-bond donors (Lipinski definition) is 0. The summed E-state index contributed by atoms with van der Waals surface area (Å²) in [5.74, 6) is 4.60. The third-order valence-corrected chi connectivity index (χ3v) is 8.48. The second kappa shape index (κ2) is 11.7. The zero-order valence-corrected chi connectivity index (χ0v) is 23.7. The van der Waals surface area contributed by atoms with Crippen LogP contribution in [0.3, 0.4) is 0 Å². The minimum absolute atomic E-state index is 0. The molecule has 0 bridgehead atoms. The van der Waals surface area contributed by atoms with Gasteiger partial charge in [0.05, 0.1) is 0 Å². The van der Waals surface area contributed by atoms with Gasteiger partial charge in [-0.1, -0.05) is 40.0 Å². The number of rotatable bonds is 3. The molecule has 3 saturated carbocycles. The van der Waals surface area contributed by atoms with Gasteiger partial charge >= 0.3 is 37.9 Å². The molecule has 1 aliphatic heterocycles. The Morgan fingerprint density at radius 2 is 1.62 bits per heavy atom. The van der Waals surface area contributed by atoms with Gasteiger partial charge in [-0.25, -0.2) is 0 Å². The Kier molecular flexibility index (Phi) is 10.9. The van der Waals surface area contributed by atoms with Gasteiger partial charge in [0.25, 0.3) is 0 Å². The first-order valence-electron chi connectivity index (χ1n) is 11.3. The van der Waals surface area contributed by atoms with Gasteiger partial charge in [-0.2, -0.15) is 0 Å². The molecular weight excluding hydrogens is 502 g/mol. The summed E-state index contributed by atoms with van der Waals surface area (Å²) >= 11 is 5.82. The van der Waals surface area contributed by atoms with Crippen LogP contribution in [-0.4, -0.2) is 41.5 Å². The molecule has 8 atom stereocenters. The van der Waals surface area contributed by atoms with Gasteiger partial charge in [-0.3, -0.25) is 4.90 Å². The van der Waals surface area contributed by atoms with Crippen molar-refractivity contribution in [2.45, 2.75) is 95.1 Å². The van der Waals surface area contributed by atoms with Crippen LogP contribution in [-0.2, 0) is 20.8 Å². The van der Waals surface area contributed by atoms with Crippen LogP contribution in [0.4, 0.5) is 0 Å². The van der Waals surface area contributed by atoms with Crippen molar-refractivity contribution in [3.05, 3.63) is 12.7 Å². The molecule has 8 unspecified atom stereocenters. The van der Waals surface area contributed by atoms with Crippen LogP contribution >= 0.6 is 28.6 Å². The van der Waals surface area contributed by atoms with Crippen molar-refractivity contribution in [1.29, 1.82) is 0 Å². The summed E-state index contributed by atoms with van der Waals surface area (Å²) in [4.78, 5) is 2.84. The Morgan fingerprint density at radius 1 is 1.00 bits per heavy atom. The molecule has 0 aromatic carbocycles. The first kappa shape index (κ1) is 26.9. The molecule has 0 aromatic heterocycles. The van der Waals surface area contributed by atoms with Crippen molar-refractivity contribution in [2.75, 3.05) is 13.6 Å². The molecule has 1 saturated heterocycles. The second-order valence-corrected chi connectivity index (χ2v) is 14.9. The summed E-state index contributed by atoms with van der Waals surface area (Å²) in [7, 11) is 12.3. The van der Waals surface area contributed by atoms with E-state index in [1.165, 1.54) is 51.4 Å². The van der Waals surface area contributed by atoms with E-state index >= 15 is 0 Å². The number of nitrogens with zero attached hydrogens (tertiary/aromatic N) is 2. The van der Waals surface area contributed by atoms with E-state index in [-0.39, 0.29) is 13.0 Å². The minimum atomic E-state index is -0.826. The molecule has 0 spiro atoms. The van der Waals surface area contributed by atoms with Crippen LogP contribution in [0.2, 0.25) is 0 Å². The Hall–Kier alpha value is 1.67. The Labute approximate surface area is 204 Å². The first-order chi connectivity index (χ1) is 13.3. The molecule has 0 N–H and O–H groups in total. The average molecular weight is 543 g/mol. The molecule has 4 aliphatic rings. The van der Waals surface area contributed by atoms with Gasteiger partial charge in [0.15, 0.2) is 0 Å². The first-order valence-corrected chi connectivity index (χ1v) is 18.1. The fourth-order valence-corrected chi connectivity index (χ4v) is 7.68. The summed E-state index contributed by atoms with van der Waals surface area (Å²) in [6.07, 6.45) is 11.0. The van der Waals surface area contributed by atoms with Gasteiger partial charge in [0.1, 0.15) is 0 Å². The molecule has 3 aliphatic carbocycles. The SMILES string of the molecule is CN1C2CCC(Cl)CC2C2C(CC[N-]C(C)(C)C)C3CCCCC3C21.[CH3-].[Cl][Zr+2][Cl]. The van der Waals surface area contributed by atoms with Crippen molar-refractivity contribution in [1.82, 2.24) is 4.90 Å². The number of fused-ring (bicyclic) bond motifs is 5. The van der Waals surface area contributed by atoms with Crippen LogP contribution < -0.4 is 0 Å². The van der Waals surface area contributed by atoms with Crippen LogP contribution in [0.5, 0.6) is 0 Å². The average Bonchev–Trinajstić information content (AvgIpc) is 3.09. The van der Waals surface area contributed by atoms with E-state index in [1.54, 1.807) is 0 Å². The third-order valence-electron chi connectivity index (χ3n) is 8.09. The van der Waals surface area contributed by atoms with E-state index in [9.17, 15) is 0 Å². The molecule has 6 heteroatoms. The van der Waals surface area contributed by atoms with E-state index in [0.29, 0.717) is 5.38 Å². The molecular formula is C23H41Cl3N2Zr.